The number of phenols is 1. The van der Waals surface area contributed by atoms with Crippen molar-refractivity contribution < 1.29 is 23.1 Å². The molecule has 3 rings (SSSR count). The van der Waals surface area contributed by atoms with Crippen LogP contribution >= 0.6 is 23.2 Å². The minimum absolute atomic E-state index is 0.0677. The number of phenolic OH excluding ortho intramolecular Hbond substituents is 1. The molecule has 1 fully saturated rings. The van der Waals surface area contributed by atoms with Crippen molar-refractivity contribution in [3.63, 3.8) is 0 Å². The Morgan fingerprint density at radius 1 is 1.30 bits per heavy atom. The highest BCUT2D eigenvalue weighted by atomic mass is 35.5. The fourth-order valence-corrected chi connectivity index (χ4v) is 5.10. The van der Waals surface area contributed by atoms with Crippen LogP contribution in [0.2, 0.25) is 10.0 Å². The Kier molecular flexibility index (Phi) is 6.87. The predicted molar refractivity (Wildman–Crippen MR) is 114 cm³/mol. The quantitative estimate of drug-likeness (QED) is 0.497. The van der Waals surface area contributed by atoms with Gasteiger partial charge in [0.15, 0.2) is 11.5 Å². The Morgan fingerprint density at radius 2 is 2.00 bits per heavy atom. The minimum Gasteiger partial charge on any atom is -0.503 e. The van der Waals surface area contributed by atoms with Crippen LogP contribution in [0.15, 0.2) is 46.4 Å². The number of carbonyl (C=O) groups excluding carboxylic acids is 1. The molecular formula is C19H19Cl2N3O5S. The maximum absolute atomic E-state index is 12.9. The number of nitrogens with zero attached hydrogens (tertiary/aromatic N) is 2. The summed E-state index contributed by atoms with van der Waals surface area (Å²) in [6.45, 7) is 0.234. The van der Waals surface area contributed by atoms with E-state index in [2.05, 4.69) is 10.5 Å². The average molecular weight is 472 g/mol. The Morgan fingerprint density at radius 3 is 2.67 bits per heavy atom. The second-order valence-corrected chi connectivity index (χ2v) is 9.25. The molecule has 1 aliphatic rings. The number of benzene rings is 2. The predicted octanol–water partition coefficient (Wildman–Crippen LogP) is 3.01. The van der Waals surface area contributed by atoms with Crippen LogP contribution in [0.5, 0.6) is 11.5 Å². The first-order valence-electron chi connectivity index (χ1n) is 8.91. The van der Waals surface area contributed by atoms with Gasteiger partial charge in [0.1, 0.15) is 6.04 Å². The smallest absolute Gasteiger partial charge is 0.258 e. The van der Waals surface area contributed by atoms with Crippen molar-refractivity contribution in [3.05, 3.63) is 52.0 Å². The van der Waals surface area contributed by atoms with Crippen molar-refractivity contribution in [2.75, 3.05) is 13.7 Å². The minimum atomic E-state index is -3.85. The molecule has 1 amide bonds. The number of nitrogens with one attached hydrogen (secondary N) is 1. The van der Waals surface area contributed by atoms with E-state index >= 15 is 0 Å². The van der Waals surface area contributed by atoms with Crippen LogP contribution < -0.4 is 10.2 Å². The number of hydrazone groups is 1. The van der Waals surface area contributed by atoms with Crippen molar-refractivity contribution in [2.24, 2.45) is 5.10 Å². The number of ether oxygens (including phenoxy) is 1. The fraction of sp³-hybridized carbons (Fsp3) is 0.263. The molecule has 0 aliphatic carbocycles. The number of hydrogen-bond acceptors (Lipinski definition) is 6. The third-order valence-corrected chi connectivity index (χ3v) is 7.05. The monoisotopic (exact) mass is 471 g/mol. The van der Waals surface area contributed by atoms with Crippen LogP contribution in [0.3, 0.4) is 0 Å². The van der Waals surface area contributed by atoms with Gasteiger partial charge in [-0.3, -0.25) is 4.79 Å². The molecule has 1 saturated heterocycles. The van der Waals surface area contributed by atoms with E-state index in [4.69, 9.17) is 27.9 Å². The van der Waals surface area contributed by atoms with Gasteiger partial charge in [-0.15, -0.1) is 0 Å². The molecule has 1 aliphatic heterocycles. The lowest BCUT2D eigenvalue weighted by Gasteiger charge is -2.22. The molecule has 0 radical (unpaired) electrons. The Bertz CT molecular complexity index is 1070. The molecule has 0 spiro atoms. The Labute approximate surface area is 184 Å². The summed E-state index contributed by atoms with van der Waals surface area (Å²) < 4.78 is 32.0. The zero-order valence-corrected chi connectivity index (χ0v) is 18.2. The van der Waals surface area contributed by atoms with Crippen LogP contribution in [0, 0.1) is 0 Å². The van der Waals surface area contributed by atoms with Gasteiger partial charge >= 0.3 is 0 Å². The zero-order chi connectivity index (χ0) is 21.9. The second kappa shape index (κ2) is 9.22. The topological polar surface area (TPSA) is 108 Å². The molecule has 2 N–H and O–H groups in total. The summed E-state index contributed by atoms with van der Waals surface area (Å²) in [6.07, 6.45) is 2.26. The molecule has 0 bridgehead atoms. The van der Waals surface area contributed by atoms with Crippen LogP contribution in [0.4, 0.5) is 0 Å². The van der Waals surface area contributed by atoms with E-state index in [9.17, 15) is 18.3 Å². The molecule has 0 aromatic heterocycles. The van der Waals surface area contributed by atoms with Gasteiger partial charge in [-0.1, -0.05) is 23.2 Å². The Hall–Kier alpha value is -2.33. The first kappa shape index (κ1) is 22.4. The number of amides is 1. The lowest BCUT2D eigenvalue weighted by Crippen LogP contribution is -2.44. The summed E-state index contributed by atoms with van der Waals surface area (Å²) in [5.41, 5.74) is 2.84. The van der Waals surface area contributed by atoms with E-state index in [1.54, 1.807) is 0 Å². The molecule has 2 aromatic carbocycles. The lowest BCUT2D eigenvalue weighted by molar-refractivity contribution is -0.124. The summed E-state index contributed by atoms with van der Waals surface area (Å²) >= 11 is 11.7. The molecule has 0 unspecified atom stereocenters. The van der Waals surface area contributed by atoms with Gasteiger partial charge in [-0.05, 0) is 54.8 Å². The van der Waals surface area contributed by atoms with Gasteiger partial charge in [0.2, 0.25) is 10.0 Å². The first-order valence-corrected chi connectivity index (χ1v) is 11.1. The lowest BCUT2D eigenvalue weighted by atomic mass is 10.2. The number of sulfonamides is 1. The van der Waals surface area contributed by atoms with Crippen LogP contribution in [-0.2, 0) is 14.8 Å². The van der Waals surface area contributed by atoms with E-state index in [-0.39, 0.29) is 28.0 Å². The molecule has 30 heavy (non-hydrogen) atoms. The van der Waals surface area contributed by atoms with Gasteiger partial charge in [0, 0.05) is 11.6 Å². The molecule has 0 saturated carbocycles. The van der Waals surface area contributed by atoms with E-state index in [1.807, 2.05) is 0 Å². The summed E-state index contributed by atoms with van der Waals surface area (Å²) in [6, 6.07) is 7.85. The summed E-state index contributed by atoms with van der Waals surface area (Å²) in [7, 11) is -2.47. The van der Waals surface area contributed by atoms with Gasteiger partial charge in [0.05, 0.1) is 23.2 Å². The van der Waals surface area contributed by atoms with Crippen LogP contribution in [-0.4, -0.2) is 49.6 Å². The third-order valence-electron chi connectivity index (χ3n) is 4.59. The van der Waals surface area contributed by atoms with Crippen molar-refractivity contribution in [1.82, 2.24) is 9.73 Å². The number of methoxy groups -OCH3 is 1. The van der Waals surface area contributed by atoms with E-state index < -0.39 is 22.0 Å². The van der Waals surface area contributed by atoms with Crippen molar-refractivity contribution in [2.45, 2.75) is 23.8 Å². The normalized spacial score (nSPS) is 17.4. The van der Waals surface area contributed by atoms with E-state index in [1.165, 1.54) is 54.0 Å². The van der Waals surface area contributed by atoms with Gasteiger partial charge in [-0.2, -0.15) is 9.41 Å². The number of aromatic hydroxyl groups is 1. The van der Waals surface area contributed by atoms with Gasteiger partial charge in [0.25, 0.3) is 5.91 Å². The van der Waals surface area contributed by atoms with Crippen molar-refractivity contribution in [3.8, 4) is 11.5 Å². The number of halogens is 2. The molecule has 160 valence electrons. The highest BCUT2D eigenvalue weighted by Crippen LogP contribution is 2.34. The molecule has 2 aromatic rings. The second-order valence-electron chi connectivity index (χ2n) is 6.52. The number of hydrogen-bond donors (Lipinski definition) is 2. The number of carbonyl (C=O) groups is 1. The largest absolute Gasteiger partial charge is 0.503 e. The van der Waals surface area contributed by atoms with Crippen LogP contribution in [0.1, 0.15) is 18.4 Å². The fourth-order valence-electron chi connectivity index (χ4n) is 3.10. The van der Waals surface area contributed by atoms with Gasteiger partial charge < -0.3 is 9.84 Å². The van der Waals surface area contributed by atoms with E-state index in [0.29, 0.717) is 23.4 Å². The van der Waals surface area contributed by atoms with Crippen molar-refractivity contribution in [1.29, 1.82) is 0 Å². The summed E-state index contributed by atoms with van der Waals surface area (Å²) in [5, 5.41) is 14.1. The van der Waals surface area contributed by atoms with Crippen molar-refractivity contribution >= 4 is 45.3 Å². The number of rotatable bonds is 6. The highest BCUT2D eigenvalue weighted by Gasteiger charge is 2.39. The molecule has 1 atom stereocenters. The SMILES string of the molecule is COc1cc(C=NNC(=O)[C@H]2CCCN2S(=O)(=O)c2ccc(Cl)cc2)cc(Cl)c1O. The van der Waals surface area contributed by atoms with Gasteiger partial charge in [-0.25, -0.2) is 13.8 Å². The molecule has 11 heteroatoms. The Balaban J connectivity index is 1.73. The average Bonchev–Trinajstić information content (AvgIpc) is 3.21. The van der Waals surface area contributed by atoms with Crippen LogP contribution in [0.25, 0.3) is 0 Å². The third kappa shape index (κ3) is 4.70. The standard InChI is InChI=1S/C19H19Cl2N3O5S/c1-29-17-10-12(9-15(21)18(17)25)11-22-23-19(26)16-3-2-8-24(16)30(27,28)14-6-4-13(20)5-7-14/h4-7,9-11,16,25H,2-3,8H2,1H3,(H,23,26)/t16-/m1/s1. The maximum atomic E-state index is 12.9. The zero-order valence-electron chi connectivity index (χ0n) is 15.9. The first-order chi connectivity index (χ1) is 14.2. The highest BCUT2D eigenvalue weighted by molar-refractivity contribution is 7.89. The van der Waals surface area contributed by atoms with E-state index in [0.717, 1.165) is 0 Å². The maximum Gasteiger partial charge on any atom is 0.258 e. The molecule has 1 heterocycles. The molecular weight excluding hydrogens is 453 g/mol. The molecule has 8 nitrogen and oxygen atoms in total. The summed E-state index contributed by atoms with van der Waals surface area (Å²) in [4.78, 5) is 12.6. The summed E-state index contributed by atoms with van der Waals surface area (Å²) in [5.74, 6) is -0.584.